The molecular weight excluding hydrogens is 592 g/mol. The van der Waals surface area contributed by atoms with Crippen LogP contribution >= 0.6 is 22.9 Å². The third-order valence-electron chi connectivity index (χ3n) is 6.87. The van der Waals surface area contributed by atoms with Gasteiger partial charge < -0.3 is 27.0 Å². The number of amides is 1. The van der Waals surface area contributed by atoms with Crippen LogP contribution in [-0.4, -0.2) is 12.5 Å². The van der Waals surface area contributed by atoms with Crippen molar-refractivity contribution in [3.63, 3.8) is 0 Å². The molecule has 1 aromatic heterocycles. The Labute approximate surface area is 254 Å². The van der Waals surface area contributed by atoms with Crippen LogP contribution in [0.5, 0.6) is 5.75 Å². The van der Waals surface area contributed by atoms with Gasteiger partial charge in [0, 0.05) is 23.7 Å². The third-order valence-corrected chi connectivity index (χ3v) is 8.00. The number of ether oxygens (including phenoxy) is 1. The highest BCUT2D eigenvalue weighted by Gasteiger charge is 2.12. The highest BCUT2D eigenvalue weighted by molar-refractivity contribution is 7.09. The van der Waals surface area contributed by atoms with Gasteiger partial charge in [-0.3, -0.25) is 4.79 Å². The van der Waals surface area contributed by atoms with Crippen LogP contribution in [-0.2, 0) is 6.54 Å². The molecule has 7 heteroatoms. The average molecular weight is 636 g/mol. The predicted molar refractivity (Wildman–Crippen MR) is 161 cm³/mol. The van der Waals surface area contributed by atoms with Gasteiger partial charge in [-0.1, -0.05) is 113 Å². The molecule has 0 atom stereocenters. The van der Waals surface area contributed by atoms with E-state index in [1.165, 1.54) is 75.6 Å². The second-order valence-electron chi connectivity index (χ2n) is 10.1. The molecular formula is C32H44BrClN2O2S. The Kier molecular flexibility index (Phi) is 16.4. The van der Waals surface area contributed by atoms with E-state index in [-0.39, 0.29) is 22.9 Å². The molecule has 0 radical (unpaired) electrons. The maximum Gasteiger partial charge on any atom is 0.255 e. The molecule has 1 amide bonds. The fourth-order valence-corrected chi connectivity index (χ4v) is 5.47. The largest absolute Gasteiger partial charge is 1.00 e. The predicted octanol–water partition coefficient (Wildman–Crippen LogP) is 6.38. The molecule has 1 heterocycles. The smallest absolute Gasteiger partial charge is 0.255 e. The molecule has 39 heavy (non-hydrogen) atoms. The zero-order chi connectivity index (χ0) is 27.0. The first-order valence-electron chi connectivity index (χ1n) is 14.3. The highest BCUT2D eigenvalue weighted by Crippen LogP contribution is 2.26. The number of rotatable bonds is 18. The number of anilines is 1. The molecule has 0 bridgehead atoms. The topological polar surface area (TPSA) is 42.2 Å². The van der Waals surface area contributed by atoms with Gasteiger partial charge in [0.15, 0.2) is 12.7 Å². The SMILES string of the molecule is CCCCCCCCCCCCCCOc1ccc(C(=O)Nc2cccc(C[n+]3ccsc3C)c2)cc1Cl.[Br-]. The van der Waals surface area contributed by atoms with Crippen molar-refractivity contribution in [1.82, 2.24) is 0 Å². The van der Waals surface area contributed by atoms with Crippen LogP contribution < -0.4 is 31.6 Å². The Balaban J connectivity index is 0.00000533. The van der Waals surface area contributed by atoms with Gasteiger partial charge in [0.2, 0.25) is 5.01 Å². The number of nitrogens with zero attached hydrogens (tertiary/aromatic N) is 1. The maximum atomic E-state index is 12.8. The van der Waals surface area contributed by atoms with Gasteiger partial charge in [0.1, 0.15) is 5.75 Å². The second kappa shape index (κ2) is 19.2. The van der Waals surface area contributed by atoms with Gasteiger partial charge in [-0.2, -0.15) is 4.57 Å². The summed E-state index contributed by atoms with van der Waals surface area (Å²) < 4.78 is 8.09. The summed E-state index contributed by atoms with van der Waals surface area (Å²) in [4.78, 5) is 12.8. The minimum absolute atomic E-state index is 0. The van der Waals surface area contributed by atoms with Crippen LogP contribution in [0, 0.1) is 6.92 Å². The molecule has 0 aliphatic rings. The first-order valence-corrected chi connectivity index (χ1v) is 15.6. The molecule has 0 saturated heterocycles. The standard InChI is InChI=1S/C32H43ClN2O2S.BrH/c1-3-4-5-6-7-8-9-10-11-12-13-14-21-37-31-19-18-28(24-30(31)33)32(36)34-29-17-15-16-27(23-29)25-35-20-22-38-26(35)2;/h15-20,22-24H,3-14,21,25H2,1-2H3;1H. The fourth-order valence-electron chi connectivity index (χ4n) is 4.57. The van der Waals surface area contributed by atoms with Crippen molar-refractivity contribution in [2.75, 3.05) is 11.9 Å². The molecule has 0 fully saturated rings. The van der Waals surface area contributed by atoms with E-state index in [0.29, 0.717) is 22.9 Å². The number of aryl methyl sites for hydroxylation is 1. The minimum Gasteiger partial charge on any atom is -1.00 e. The van der Waals surface area contributed by atoms with E-state index in [1.807, 2.05) is 18.2 Å². The Morgan fingerprint density at radius 2 is 1.59 bits per heavy atom. The summed E-state index contributed by atoms with van der Waals surface area (Å²) in [6, 6.07) is 13.2. The lowest BCUT2D eigenvalue weighted by molar-refractivity contribution is -0.689. The Morgan fingerprint density at radius 1 is 0.923 bits per heavy atom. The Hall–Kier alpha value is -1.89. The zero-order valence-electron chi connectivity index (χ0n) is 23.5. The van der Waals surface area contributed by atoms with Crippen molar-refractivity contribution in [3.8, 4) is 5.75 Å². The number of hydrogen-bond donors (Lipinski definition) is 1. The van der Waals surface area contributed by atoms with E-state index >= 15 is 0 Å². The molecule has 0 saturated carbocycles. The molecule has 0 spiro atoms. The maximum absolute atomic E-state index is 12.8. The fraction of sp³-hybridized carbons (Fsp3) is 0.500. The molecule has 3 rings (SSSR count). The zero-order valence-corrected chi connectivity index (χ0v) is 26.7. The molecule has 0 aliphatic heterocycles. The summed E-state index contributed by atoms with van der Waals surface area (Å²) >= 11 is 8.16. The van der Waals surface area contributed by atoms with Crippen LogP contribution in [0.25, 0.3) is 0 Å². The Bertz CT molecular complexity index is 1120. The summed E-state index contributed by atoms with van der Waals surface area (Å²) in [7, 11) is 0. The molecule has 2 aromatic carbocycles. The normalized spacial score (nSPS) is 10.7. The lowest BCUT2D eigenvalue weighted by Crippen LogP contribution is -3.00. The van der Waals surface area contributed by atoms with Gasteiger partial charge in [-0.15, -0.1) is 0 Å². The van der Waals surface area contributed by atoms with Gasteiger partial charge in [-0.05, 0) is 36.8 Å². The number of hydrogen-bond acceptors (Lipinski definition) is 3. The molecule has 0 aliphatic carbocycles. The van der Waals surface area contributed by atoms with E-state index in [0.717, 1.165) is 24.2 Å². The second-order valence-corrected chi connectivity index (χ2v) is 11.6. The molecule has 1 N–H and O–H groups in total. The van der Waals surface area contributed by atoms with E-state index in [2.05, 4.69) is 41.4 Å². The summed E-state index contributed by atoms with van der Waals surface area (Å²) in [6.07, 6.45) is 17.9. The quantitative estimate of drug-likeness (QED) is 0.130. The van der Waals surface area contributed by atoms with Crippen LogP contribution in [0.2, 0.25) is 5.02 Å². The van der Waals surface area contributed by atoms with Crippen molar-refractivity contribution in [3.05, 3.63) is 75.2 Å². The average Bonchev–Trinajstić information content (AvgIpc) is 3.31. The lowest BCUT2D eigenvalue weighted by Gasteiger charge is -2.10. The van der Waals surface area contributed by atoms with Crippen molar-refractivity contribution in [2.24, 2.45) is 0 Å². The van der Waals surface area contributed by atoms with Crippen molar-refractivity contribution in [1.29, 1.82) is 0 Å². The van der Waals surface area contributed by atoms with Gasteiger partial charge in [0.05, 0.1) is 17.0 Å². The molecule has 3 aromatic rings. The number of aromatic nitrogens is 1. The Morgan fingerprint density at radius 3 is 2.21 bits per heavy atom. The van der Waals surface area contributed by atoms with Crippen LogP contribution in [0.3, 0.4) is 0 Å². The van der Waals surface area contributed by atoms with E-state index < -0.39 is 0 Å². The van der Waals surface area contributed by atoms with E-state index in [4.69, 9.17) is 16.3 Å². The minimum atomic E-state index is -0.184. The van der Waals surface area contributed by atoms with Crippen molar-refractivity contribution < 1.29 is 31.1 Å². The van der Waals surface area contributed by atoms with Crippen LogP contribution in [0.15, 0.2) is 54.0 Å². The number of benzene rings is 2. The number of unbranched alkanes of at least 4 members (excludes halogenated alkanes) is 11. The number of halogens is 2. The molecule has 214 valence electrons. The van der Waals surface area contributed by atoms with Crippen LogP contribution in [0.4, 0.5) is 5.69 Å². The number of nitrogens with one attached hydrogen (secondary N) is 1. The molecule has 0 unspecified atom stereocenters. The lowest BCUT2D eigenvalue weighted by atomic mass is 10.1. The highest BCUT2D eigenvalue weighted by atomic mass is 79.9. The van der Waals surface area contributed by atoms with Crippen molar-refractivity contribution >= 4 is 34.5 Å². The van der Waals surface area contributed by atoms with Gasteiger partial charge in [-0.25, -0.2) is 0 Å². The van der Waals surface area contributed by atoms with Crippen molar-refractivity contribution in [2.45, 2.75) is 97.4 Å². The van der Waals surface area contributed by atoms with E-state index in [9.17, 15) is 4.79 Å². The number of thiazole rings is 1. The monoisotopic (exact) mass is 634 g/mol. The molecule has 4 nitrogen and oxygen atoms in total. The van der Waals surface area contributed by atoms with Gasteiger partial charge >= 0.3 is 0 Å². The third kappa shape index (κ3) is 12.4. The summed E-state index contributed by atoms with van der Waals surface area (Å²) in [6.45, 7) is 5.80. The summed E-state index contributed by atoms with van der Waals surface area (Å²) in [5, 5.41) is 6.78. The summed E-state index contributed by atoms with van der Waals surface area (Å²) in [5.74, 6) is 0.451. The summed E-state index contributed by atoms with van der Waals surface area (Å²) in [5.41, 5.74) is 2.42. The van der Waals surface area contributed by atoms with E-state index in [1.54, 1.807) is 29.5 Å². The van der Waals surface area contributed by atoms with Crippen LogP contribution in [0.1, 0.15) is 105 Å². The number of carbonyl (C=O) groups is 1. The first-order chi connectivity index (χ1) is 18.6. The number of carbonyl (C=O) groups excluding carboxylic acids is 1. The first kappa shape index (κ1) is 33.3. The van der Waals surface area contributed by atoms with Gasteiger partial charge in [0.25, 0.3) is 5.91 Å².